The normalized spacial score (nSPS) is 15.1. The largest absolute Gasteiger partial charge is 0.493 e. The lowest BCUT2D eigenvalue weighted by atomic mass is 10.1. The molecule has 0 aliphatic carbocycles. The number of amides is 1. The Morgan fingerprint density at radius 2 is 1.69 bits per heavy atom. The number of hydrogen-bond acceptors (Lipinski definition) is 5. The lowest BCUT2D eigenvalue weighted by molar-refractivity contribution is -0.113. The van der Waals surface area contributed by atoms with Gasteiger partial charge in [-0.15, -0.1) is 0 Å². The van der Waals surface area contributed by atoms with E-state index in [0.717, 1.165) is 25.8 Å². The minimum atomic E-state index is -0.216. The Hall–Kier alpha value is -2.69. The van der Waals surface area contributed by atoms with Crippen LogP contribution in [0.5, 0.6) is 11.5 Å². The Balaban J connectivity index is 1.50. The molecule has 1 aliphatic rings. The first-order valence-electron chi connectivity index (χ1n) is 12.7. The van der Waals surface area contributed by atoms with E-state index in [0.29, 0.717) is 54.6 Å². The molecule has 0 spiro atoms. The summed E-state index contributed by atoms with van der Waals surface area (Å²) in [5.41, 5.74) is 4.85. The van der Waals surface area contributed by atoms with Gasteiger partial charge in [0.05, 0.1) is 27.0 Å². The fourth-order valence-corrected chi connectivity index (χ4v) is 6.50. The van der Waals surface area contributed by atoms with Gasteiger partial charge in [-0.2, -0.15) is 0 Å². The monoisotopic (exact) mass is 748 g/mol. The van der Waals surface area contributed by atoms with Gasteiger partial charge < -0.3 is 9.47 Å². The molecule has 1 heterocycles. The number of thioether (sulfide) groups is 1. The number of aliphatic imine (C=N–C) groups is 1. The lowest BCUT2D eigenvalue weighted by Gasteiger charge is -2.17. The van der Waals surface area contributed by atoms with E-state index in [9.17, 15) is 4.79 Å². The number of nitrogens with zero attached hydrogens (tertiary/aromatic N) is 2. The summed E-state index contributed by atoms with van der Waals surface area (Å²) in [7, 11) is 1.59. The van der Waals surface area contributed by atoms with Crippen LogP contribution in [0, 0.1) is 17.4 Å². The highest BCUT2D eigenvalue weighted by molar-refractivity contribution is 14.1. The molecule has 4 aromatic carbocycles. The fraction of sp³-hybridized carbons (Fsp3) is 0.125. The van der Waals surface area contributed by atoms with Crippen molar-refractivity contribution in [2.24, 2.45) is 4.99 Å². The summed E-state index contributed by atoms with van der Waals surface area (Å²) in [4.78, 5) is 20.7. The van der Waals surface area contributed by atoms with E-state index in [1.54, 1.807) is 24.1 Å². The second-order valence-electron chi connectivity index (χ2n) is 9.47. The molecular weight excluding hydrogens is 726 g/mol. The van der Waals surface area contributed by atoms with Crippen molar-refractivity contribution in [3.05, 3.63) is 119 Å². The van der Waals surface area contributed by atoms with Gasteiger partial charge in [0.1, 0.15) is 6.61 Å². The van der Waals surface area contributed by atoms with Crippen molar-refractivity contribution in [1.29, 1.82) is 0 Å². The average molecular weight is 750 g/mol. The highest BCUT2D eigenvalue weighted by Crippen LogP contribution is 2.41. The van der Waals surface area contributed by atoms with Crippen LogP contribution in [-0.2, 0) is 11.4 Å². The Morgan fingerprint density at radius 1 is 0.952 bits per heavy atom. The summed E-state index contributed by atoms with van der Waals surface area (Å²) in [5, 5.41) is 2.31. The van der Waals surface area contributed by atoms with Crippen LogP contribution in [0.3, 0.4) is 0 Å². The molecule has 1 fully saturated rings. The predicted octanol–water partition coefficient (Wildman–Crippen LogP) is 10.3. The SMILES string of the molecule is COc1cc(/C=C2/SC(=Nc3ccc(C)c(Cl)c3)N(c3ccc(C)c(Cl)c3)C2=O)cc(I)c1OCc1cccc(Cl)c1. The molecule has 10 heteroatoms. The van der Waals surface area contributed by atoms with Gasteiger partial charge in [0.2, 0.25) is 0 Å². The number of benzene rings is 4. The summed E-state index contributed by atoms with van der Waals surface area (Å²) in [5.74, 6) is 0.948. The number of hydrogen-bond donors (Lipinski definition) is 0. The Labute approximate surface area is 277 Å². The zero-order valence-corrected chi connectivity index (χ0v) is 28.0. The molecule has 0 atom stereocenters. The van der Waals surface area contributed by atoms with Crippen LogP contribution in [0.4, 0.5) is 11.4 Å². The molecule has 1 aliphatic heterocycles. The summed E-state index contributed by atoms with van der Waals surface area (Å²) in [6.45, 7) is 4.18. The Morgan fingerprint density at radius 3 is 2.38 bits per heavy atom. The average Bonchev–Trinajstić information content (AvgIpc) is 3.25. The molecule has 0 bridgehead atoms. The maximum absolute atomic E-state index is 13.8. The summed E-state index contributed by atoms with van der Waals surface area (Å²) < 4.78 is 12.6. The van der Waals surface area contributed by atoms with Crippen molar-refractivity contribution in [1.82, 2.24) is 0 Å². The van der Waals surface area contributed by atoms with Crippen molar-refractivity contribution in [3.8, 4) is 11.5 Å². The predicted molar refractivity (Wildman–Crippen MR) is 184 cm³/mol. The number of anilines is 1. The van der Waals surface area contributed by atoms with Crippen molar-refractivity contribution in [2.45, 2.75) is 20.5 Å². The number of amidine groups is 1. The highest BCUT2D eigenvalue weighted by atomic mass is 127. The molecule has 0 saturated carbocycles. The van der Waals surface area contributed by atoms with E-state index < -0.39 is 0 Å². The van der Waals surface area contributed by atoms with Crippen molar-refractivity contribution >= 4 is 97.7 Å². The van der Waals surface area contributed by atoms with E-state index >= 15 is 0 Å². The van der Waals surface area contributed by atoms with E-state index in [2.05, 4.69) is 22.6 Å². The fourth-order valence-electron chi connectivity index (χ4n) is 4.16. The van der Waals surface area contributed by atoms with Crippen molar-refractivity contribution in [3.63, 3.8) is 0 Å². The van der Waals surface area contributed by atoms with E-state index in [1.165, 1.54) is 11.8 Å². The number of aryl methyl sites for hydroxylation is 2. The van der Waals surface area contributed by atoms with Crippen LogP contribution in [0.25, 0.3) is 6.08 Å². The van der Waals surface area contributed by atoms with Gasteiger partial charge in [-0.3, -0.25) is 9.69 Å². The third kappa shape index (κ3) is 6.92. The standard InChI is InChI=1S/C32H24Cl3IN2O3S/c1-18-7-9-23(15-25(18)34)37-32-38(24-10-8-19(2)26(35)16-24)31(39)29(42-32)14-21-12-27(36)30(28(13-21)40-3)41-17-20-5-4-6-22(33)11-20/h4-16H,17H2,1-3H3/b29-14+,37-32?. The summed E-state index contributed by atoms with van der Waals surface area (Å²) in [6, 6.07) is 22.4. The molecule has 42 heavy (non-hydrogen) atoms. The van der Waals surface area contributed by atoms with Crippen molar-refractivity contribution in [2.75, 3.05) is 12.0 Å². The van der Waals surface area contributed by atoms with Crippen LogP contribution < -0.4 is 14.4 Å². The van der Waals surface area contributed by atoms with Gasteiger partial charge in [-0.25, -0.2) is 4.99 Å². The molecule has 5 nitrogen and oxygen atoms in total. The number of carbonyl (C=O) groups is 1. The van der Waals surface area contributed by atoms with Gasteiger partial charge in [0.25, 0.3) is 5.91 Å². The molecule has 214 valence electrons. The molecule has 4 aromatic rings. The van der Waals surface area contributed by atoms with Gasteiger partial charge in [-0.05, 0) is 125 Å². The van der Waals surface area contributed by atoms with Crippen LogP contribution >= 0.6 is 69.2 Å². The van der Waals surface area contributed by atoms with Crippen LogP contribution in [-0.4, -0.2) is 18.2 Å². The maximum Gasteiger partial charge on any atom is 0.271 e. The summed E-state index contributed by atoms with van der Waals surface area (Å²) in [6.07, 6.45) is 1.83. The van der Waals surface area contributed by atoms with E-state index in [-0.39, 0.29) is 5.91 Å². The molecule has 1 saturated heterocycles. The number of carbonyl (C=O) groups excluding carboxylic acids is 1. The number of methoxy groups -OCH3 is 1. The Bertz CT molecular complexity index is 1760. The second kappa shape index (κ2) is 13.3. The van der Waals surface area contributed by atoms with E-state index in [1.807, 2.05) is 80.6 Å². The zero-order valence-electron chi connectivity index (χ0n) is 22.8. The molecule has 0 aromatic heterocycles. The third-order valence-corrected chi connectivity index (χ3v) is 9.24. The molecule has 0 N–H and O–H groups in total. The number of ether oxygens (including phenoxy) is 2. The first-order chi connectivity index (χ1) is 20.1. The smallest absolute Gasteiger partial charge is 0.271 e. The van der Waals surface area contributed by atoms with Crippen LogP contribution in [0.2, 0.25) is 15.1 Å². The first kappa shape index (κ1) is 30.8. The summed E-state index contributed by atoms with van der Waals surface area (Å²) >= 11 is 22.4. The van der Waals surface area contributed by atoms with Gasteiger partial charge >= 0.3 is 0 Å². The molecule has 1 amide bonds. The first-order valence-corrected chi connectivity index (χ1v) is 15.8. The van der Waals surface area contributed by atoms with Crippen molar-refractivity contribution < 1.29 is 14.3 Å². The van der Waals surface area contributed by atoms with Gasteiger partial charge in [0.15, 0.2) is 16.7 Å². The maximum atomic E-state index is 13.8. The topological polar surface area (TPSA) is 51.1 Å². The molecular formula is C32H24Cl3IN2O3S. The lowest BCUT2D eigenvalue weighted by Crippen LogP contribution is -2.28. The van der Waals surface area contributed by atoms with Gasteiger partial charge in [0, 0.05) is 15.1 Å². The zero-order chi connectivity index (χ0) is 30.0. The van der Waals surface area contributed by atoms with Crippen LogP contribution in [0.15, 0.2) is 82.7 Å². The van der Waals surface area contributed by atoms with Crippen LogP contribution in [0.1, 0.15) is 22.3 Å². The second-order valence-corrected chi connectivity index (χ2v) is 12.9. The third-order valence-electron chi connectivity index (χ3n) is 6.42. The number of halogens is 4. The Kier molecular flexibility index (Phi) is 9.74. The molecule has 0 unspecified atom stereocenters. The highest BCUT2D eigenvalue weighted by Gasteiger charge is 2.35. The number of rotatable bonds is 7. The molecule has 5 rings (SSSR count). The minimum absolute atomic E-state index is 0.216. The van der Waals surface area contributed by atoms with Gasteiger partial charge in [-0.1, -0.05) is 59.1 Å². The van der Waals surface area contributed by atoms with E-state index in [4.69, 9.17) is 49.3 Å². The minimum Gasteiger partial charge on any atom is -0.493 e. The molecule has 0 radical (unpaired) electrons. The quantitative estimate of drug-likeness (QED) is 0.139.